The monoisotopic (exact) mass is 600 g/mol. The molecule has 0 radical (unpaired) electrons. The molecule has 0 saturated carbocycles. The summed E-state index contributed by atoms with van der Waals surface area (Å²) >= 11 is 0. The van der Waals surface area contributed by atoms with Gasteiger partial charge in [0.05, 0.1) is 25.2 Å². The first kappa shape index (κ1) is 32.7. The molecular weight excluding hydrogens is 569 g/mol. The third-order valence-corrected chi connectivity index (χ3v) is 5.13. The number of benzene rings is 2. The van der Waals surface area contributed by atoms with Gasteiger partial charge in [0.15, 0.2) is 0 Å². The normalized spacial score (nSPS) is 19.8. The van der Waals surface area contributed by atoms with Crippen molar-refractivity contribution in [3.8, 4) is 11.5 Å². The van der Waals surface area contributed by atoms with Crippen molar-refractivity contribution in [2.24, 2.45) is 0 Å². The number of hydrogen-bond donors (Lipinski definition) is 3. The van der Waals surface area contributed by atoms with Crippen LogP contribution in [0.1, 0.15) is 17.2 Å². The highest BCUT2D eigenvalue weighted by atomic mass is 32.2. The lowest BCUT2D eigenvalue weighted by Crippen LogP contribution is -2.51. The molecule has 39 heavy (non-hydrogen) atoms. The zero-order chi connectivity index (χ0) is 29.3. The van der Waals surface area contributed by atoms with Gasteiger partial charge in [-0.3, -0.25) is 14.0 Å². The maximum Gasteiger partial charge on any atom is 0.573 e. The Morgan fingerprint density at radius 1 is 1.00 bits per heavy atom. The minimum atomic E-state index is -4.71. The average Bonchev–Trinajstić information content (AvgIpc) is 2.80. The minimum Gasteiger partial charge on any atom is -0.490 e. The SMILES string of the molecule is CS(=O)(=O)O.CS(=O)(=O)O.FC(F)(F)Oc1cccc(CO[C@H]2COc3ccccc3[C@@H]2N2CCNCC2)c1. The predicted molar refractivity (Wildman–Crippen MR) is 136 cm³/mol. The maximum absolute atomic E-state index is 12.5. The summed E-state index contributed by atoms with van der Waals surface area (Å²) in [6, 6.07) is 13.9. The molecule has 11 nitrogen and oxygen atoms in total. The van der Waals surface area contributed by atoms with E-state index in [-0.39, 0.29) is 24.5 Å². The van der Waals surface area contributed by atoms with E-state index >= 15 is 0 Å². The predicted octanol–water partition coefficient (Wildman–Crippen LogP) is 2.52. The Balaban J connectivity index is 0.000000458. The number of para-hydroxylation sites is 1. The van der Waals surface area contributed by atoms with Gasteiger partial charge in [0.2, 0.25) is 0 Å². The van der Waals surface area contributed by atoms with Crippen molar-refractivity contribution in [2.75, 3.05) is 45.3 Å². The molecule has 1 saturated heterocycles. The van der Waals surface area contributed by atoms with E-state index in [4.69, 9.17) is 18.6 Å². The topological polar surface area (TPSA) is 152 Å². The Labute approximate surface area is 225 Å². The highest BCUT2D eigenvalue weighted by molar-refractivity contribution is 7.85. The van der Waals surface area contributed by atoms with Crippen LogP contribution in [-0.2, 0) is 31.6 Å². The van der Waals surface area contributed by atoms with E-state index in [1.165, 1.54) is 18.2 Å². The van der Waals surface area contributed by atoms with Gasteiger partial charge in [-0.25, -0.2) is 0 Å². The Bertz CT molecular complexity index is 1220. The largest absolute Gasteiger partial charge is 0.573 e. The third-order valence-electron chi connectivity index (χ3n) is 5.13. The third kappa shape index (κ3) is 13.9. The number of halogens is 3. The quantitative estimate of drug-likeness (QED) is 0.434. The molecule has 0 aliphatic carbocycles. The van der Waals surface area contributed by atoms with Crippen molar-refractivity contribution in [3.63, 3.8) is 0 Å². The van der Waals surface area contributed by atoms with E-state index in [1.54, 1.807) is 6.07 Å². The van der Waals surface area contributed by atoms with Crippen LogP contribution in [0.4, 0.5) is 13.2 Å². The summed E-state index contributed by atoms with van der Waals surface area (Å²) in [5, 5.41) is 3.36. The summed E-state index contributed by atoms with van der Waals surface area (Å²) in [5.41, 5.74) is 1.70. The summed E-state index contributed by atoms with van der Waals surface area (Å²) in [4.78, 5) is 2.38. The minimum absolute atomic E-state index is 0.0386. The number of hydrogen-bond acceptors (Lipinski definition) is 9. The Hall–Kier alpha value is -2.47. The summed E-state index contributed by atoms with van der Waals surface area (Å²) in [6.45, 7) is 4.17. The molecule has 0 bridgehead atoms. The highest BCUT2D eigenvalue weighted by Crippen LogP contribution is 2.38. The van der Waals surface area contributed by atoms with Gasteiger partial charge in [-0.1, -0.05) is 30.3 Å². The zero-order valence-electron chi connectivity index (χ0n) is 21.2. The molecule has 3 N–H and O–H groups in total. The molecule has 2 heterocycles. The van der Waals surface area contributed by atoms with Gasteiger partial charge in [-0.05, 0) is 23.8 Å². The van der Waals surface area contributed by atoms with Gasteiger partial charge in [-0.15, -0.1) is 13.2 Å². The van der Waals surface area contributed by atoms with Crippen LogP contribution in [-0.4, -0.2) is 88.6 Å². The standard InChI is InChI=1S/C21H23F3N2O3.2CH4O3S/c22-21(23,24)29-16-5-3-4-15(12-16)13-27-19-14-28-18-7-2-1-6-17(18)20(19)26-10-8-25-9-11-26;2*1-5(2,3)4/h1-7,12,19-20,25H,8-11,13-14H2;2*1H3,(H,2,3,4)/t19-,20-;;/m0../s1. The lowest BCUT2D eigenvalue weighted by Gasteiger charge is -2.42. The van der Waals surface area contributed by atoms with Gasteiger partial charge < -0.3 is 19.5 Å². The molecule has 2 aliphatic heterocycles. The smallest absolute Gasteiger partial charge is 0.490 e. The van der Waals surface area contributed by atoms with Crippen LogP contribution in [0.3, 0.4) is 0 Å². The van der Waals surface area contributed by atoms with Gasteiger partial charge in [-0.2, -0.15) is 16.8 Å². The zero-order valence-corrected chi connectivity index (χ0v) is 22.8. The molecule has 1 fully saturated rings. The van der Waals surface area contributed by atoms with Gasteiger partial charge >= 0.3 is 6.36 Å². The fourth-order valence-corrected chi connectivity index (χ4v) is 3.89. The van der Waals surface area contributed by atoms with Crippen LogP contribution < -0.4 is 14.8 Å². The Morgan fingerprint density at radius 3 is 2.18 bits per heavy atom. The molecule has 4 rings (SSSR count). The van der Waals surface area contributed by atoms with E-state index in [2.05, 4.69) is 21.0 Å². The molecule has 2 aliphatic rings. The van der Waals surface area contributed by atoms with Crippen LogP contribution in [0.5, 0.6) is 11.5 Å². The van der Waals surface area contributed by atoms with Crippen LogP contribution in [0, 0.1) is 0 Å². The molecule has 0 unspecified atom stereocenters. The molecule has 220 valence electrons. The van der Waals surface area contributed by atoms with Gasteiger partial charge in [0.1, 0.15) is 24.2 Å². The first-order valence-electron chi connectivity index (χ1n) is 11.5. The summed E-state index contributed by atoms with van der Waals surface area (Å²) in [6.07, 6.45) is -3.51. The molecular formula is C23H31F3N2O9S2. The van der Waals surface area contributed by atoms with Crippen molar-refractivity contribution in [1.29, 1.82) is 0 Å². The number of fused-ring (bicyclic) bond motifs is 1. The van der Waals surface area contributed by atoms with Crippen molar-refractivity contribution in [3.05, 3.63) is 59.7 Å². The molecule has 0 amide bonds. The van der Waals surface area contributed by atoms with Crippen LogP contribution in [0.25, 0.3) is 0 Å². The van der Waals surface area contributed by atoms with E-state index < -0.39 is 26.6 Å². The second-order valence-corrected chi connectivity index (χ2v) is 11.5. The van der Waals surface area contributed by atoms with Crippen molar-refractivity contribution in [1.82, 2.24) is 10.2 Å². The van der Waals surface area contributed by atoms with Crippen molar-refractivity contribution >= 4 is 20.2 Å². The number of ether oxygens (including phenoxy) is 3. The summed E-state index contributed by atoms with van der Waals surface area (Å²) < 4.78 is 105. The molecule has 16 heteroatoms. The number of nitrogens with one attached hydrogen (secondary N) is 1. The van der Waals surface area contributed by atoms with E-state index in [1.807, 2.05) is 18.2 Å². The molecule has 2 atom stereocenters. The number of nitrogens with zero attached hydrogens (tertiary/aromatic N) is 1. The van der Waals surface area contributed by atoms with Crippen LogP contribution >= 0.6 is 0 Å². The van der Waals surface area contributed by atoms with E-state index in [0.717, 1.165) is 37.5 Å². The van der Waals surface area contributed by atoms with Crippen molar-refractivity contribution in [2.45, 2.75) is 25.1 Å². The van der Waals surface area contributed by atoms with Gasteiger partial charge in [0.25, 0.3) is 20.2 Å². The Kier molecular flexibility index (Phi) is 12.0. The van der Waals surface area contributed by atoms with E-state index in [9.17, 15) is 30.0 Å². The van der Waals surface area contributed by atoms with Crippen LogP contribution in [0.2, 0.25) is 0 Å². The average molecular weight is 601 g/mol. The fourth-order valence-electron chi connectivity index (χ4n) is 3.89. The first-order valence-corrected chi connectivity index (χ1v) is 15.2. The Morgan fingerprint density at radius 2 is 1.59 bits per heavy atom. The lowest BCUT2D eigenvalue weighted by atomic mass is 9.95. The highest BCUT2D eigenvalue weighted by Gasteiger charge is 2.36. The number of alkyl halides is 3. The fraction of sp³-hybridized carbons (Fsp3) is 0.478. The second kappa shape index (κ2) is 14.2. The van der Waals surface area contributed by atoms with Crippen LogP contribution in [0.15, 0.2) is 48.5 Å². The summed E-state index contributed by atoms with van der Waals surface area (Å²) in [5.74, 6) is 0.610. The number of rotatable bonds is 5. The number of piperazine rings is 1. The van der Waals surface area contributed by atoms with E-state index in [0.29, 0.717) is 24.7 Å². The molecule has 0 spiro atoms. The van der Waals surface area contributed by atoms with Gasteiger partial charge in [0, 0.05) is 31.7 Å². The molecule has 2 aromatic rings. The second-order valence-electron chi connectivity index (χ2n) is 8.59. The molecule has 0 aromatic heterocycles. The summed E-state index contributed by atoms with van der Waals surface area (Å²) in [7, 11) is -7.33. The molecule has 2 aromatic carbocycles. The van der Waals surface area contributed by atoms with Crippen molar-refractivity contribution < 1.29 is 53.3 Å². The lowest BCUT2D eigenvalue weighted by molar-refractivity contribution is -0.274. The first-order chi connectivity index (χ1) is 18.0. The maximum atomic E-state index is 12.5.